The molecule has 1 N–H and O–H groups in total. The van der Waals surface area contributed by atoms with Crippen molar-refractivity contribution in [3.05, 3.63) is 156 Å². The molecule has 8 heteroatoms. The van der Waals surface area contributed by atoms with Gasteiger partial charge in [-0.3, -0.25) is 14.6 Å². The second-order valence-electron chi connectivity index (χ2n) is 11.5. The Hall–Kier alpha value is -4.92. The number of nitrogens with one attached hydrogen (secondary N) is 1. The van der Waals surface area contributed by atoms with Crippen LogP contribution in [0.1, 0.15) is 37.5 Å². The number of hydrogen-bond donors (Lipinski definition) is 1. The molecule has 0 amide bonds. The van der Waals surface area contributed by atoms with E-state index < -0.39 is 0 Å². The molecule has 0 saturated heterocycles. The standard InChI is InChI=1S/C42H45N4O2S2/c1-43-28-10-7-5-6-8-12-34-14-24-39(25-15-34)45(3)30-32-49-41(47)36-19-21-37(22-20-36)42(48)50-33-31-46(4)40-26-17-35(18-27-40)16-23-38-13-9-11-29-44(38)2/h5-29H,30-33H2,1-4H3/q+1/p+1/b6-5+,10-7-,12-8+,43-28?. The van der Waals surface area contributed by atoms with Crippen LogP contribution in [0.4, 0.5) is 11.4 Å². The SMILES string of the molecule is C[NH+]=C\C=C/C=C/C=C/c1ccc(N(C)CCSC(=O)c2ccc(C(=O)SCCN(C)c3ccc(/C=C/c4cccc[n+]4C)cc3)cc2)cc1. The number of nitrogens with zero attached hydrogens (tertiary/aromatic N) is 3. The highest BCUT2D eigenvalue weighted by Gasteiger charge is 2.12. The number of carbonyl (C=O) groups excluding carboxylic acids is 2. The zero-order chi connectivity index (χ0) is 35.6. The van der Waals surface area contributed by atoms with Crippen molar-refractivity contribution in [1.29, 1.82) is 0 Å². The average Bonchev–Trinajstić information content (AvgIpc) is 3.14. The van der Waals surface area contributed by atoms with Gasteiger partial charge in [0.25, 0.3) is 0 Å². The molecule has 6 nitrogen and oxygen atoms in total. The third kappa shape index (κ3) is 12.5. The van der Waals surface area contributed by atoms with Crippen molar-refractivity contribution < 1.29 is 19.1 Å². The summed E-state index contributed by atoms with van der Waals surface area (Å²) in [5.74, 6) is 1.33. The van der Waals surface area contributed by atoms with Crippen LogP contribution in [0, 0.1) is 0 Å². The summed E-state index contributed by atoms with van der Waals surface area (Å²) in [6, 6.07) is 29.9. The molecular weight excluding hydrogens is 657 g/mol. The van der Waals surface area contributed by atoms with Crippen molar-refractivity contribution in [2.45, 2.75) is 0 Å². The molecule has 4 rings (SSSR count). The Balaban J connectivity index is 1.15. The van der Waals surface area contributed by atoms with Gasteiger partial charge in [-0.15, -0.1) is 0 Å². The molecule has 0 radical (unpaired) electrons. The molecule has 0 fully saturated rings. The first-order chi connectivity index (χ1) is 24.3. The van der Waals surface area contributed by atoms with Gasteiger partial charge in [-0.2, -0.15) is 0 Å². The molecule has 0 atom stereocenters. The van der Waals surface area contributed by atoms with Crippen molar-refractivity contribution in [2.75, 3.05) is 55.5 Å². The summed E-state index contributed by atoms with van der Waals surface area (Å²) < 4.78 is 2.08. The van der Waals surface area contributed by atoms with Gasteiger partial charge in [-0.1, -0.05) is 78.2 Å². The molecular formula is C42H46N4O2S2+2. The van der Waals surface area contributed by atoms with E-state index in [-0.39, 0.29) is 10.2 Å². The highest BCUT2D eigenvalue weighted by Crippen LogP contribution is 2.21. The van der Waals surface area contributed by atoms with Crippen LogP contribution in [-0.2, 0) is 7.05 Å². The van der Waals surface area contributed by atoms with Crippen LogP contribution in [0.3, 0.4) is 0 Å². The maximum absolute atomic E-state index is 12.8. The van der Waals surface area contributed by atoms with Crippen LogP contribution in [0.2, 0.25) is 0 Å². The third-order valence-corrected chi connectivity index (χ3v) is 9.65. The van der Waals surface area contributed by atoms with Gasteiger partial charge in [-0.25, -0.2) is 4.57 Å². The van der Waals surface area contributed by atoms with Crippen molar-refractivity contribution in [3.8, 4) is 0 Å². The minimum absolute atomic E-state index is 0.00878. The molecule has 0 saturated carbocycles. The topological polar surface area (TPSA) is 58.5 Å². The van der Waals surface area contributed by atoms with Crippen molar-refractivity contribution in [1.82, 2.24) is 0 Å². The normalized spacial score (nSPS) is 11.8. The first-order valence-electron chi connectivity index (χ1n) is 16.5. The highest BCUT2D eigenvalue weighted by atomic mass is 32.2. The molecule has 0 unspecified atom stereocenters. The monoisotopic (exact) mass is 702 g/mol. The number of benzene rings is 3. The Morgan fingerprint density at radius 1 is 0.640 bits per heavy atom. The number of rotatable bonds is 16. The molecule has 0 spiro atoms. The Morgan fingerprint density at radius 2 is 1.14 bits per heavy atom. The quantitative estimate of drug-likeness (QED) is 0.0807. The van der Waals surface area contributed by atoms with E-state index in [4.69, 9.17) is 0 Å². The molecule has 256 valence electrons. The molecule has 1 aromatic heterocycles. The average molecular weight is 703 g/mol. The van der Waals surface area contributed by atoms with Gasteiger partial charge in [0.15, 0.2) is 12.4 Å². The lowest BCUT2D eigenvalue weighted by atomic mass is 10.1. The number of aryl methyl sites for hydroxylation is 1. The van der Waals surface area contributed by atoms with E-state index in [1.807, 2.05) is 83.1 Å². The van der Waals surface area contributed by atoms with E-state index in [1.54, 1.807) is 24.3 Å². The van der Waals surface area contributed by atoms with E-state index in [9.17, 15) is 9.59 Å². The Morgan fingerprint density at radius 3 is 1.66 bits per heavy atom. The number of aromatic nitrogens is 1. The van der Waals surface area contributed by atoms with Crippen LogP contribution in [0.5, 0.6) is 0 Å². The number of anilines is 2. The summed E-state index contributed by atoms with van der Waals surface area (Å²) in [6.07, 6.45) is 20.1. The van der Waals surface area contributed by atoms with Crippen LogP contribution in [0.15, 0.2) is 128 Å². The fraction of sp³-hybridized carbons (Fsp3) is 0.190. The van der Waals surface area contributed by atoms with Gasteiger partial charge >= 0.3 is 0 Å². The fourth-order valence-electron chi connectivity index (χ4n) is 4.80. The van der Waals surface area contributed by atoms with E-state index in [0.717, 1.165) is 41.3 Å². The van der Waals surface area contributed by atoms with Crippen molar-refractivity contribution >= 4 is 69.6 Å². The Kier molecular flexibility index (Phi) is 15.6. The van der Waals surface area contributed by atoms with E-state index in [2.05, 4.69) is 92.2 Å². The van der Waals surface area contributed by atoms with E-state index in [1.165, 1.54) is 23.5 Å². The predicted molar refractivity (Wildman–Crippen MR) is 216 cm³/mol. The van der Waals surface area contributed by atoms with Crippen LogP contribution in [0.25, 0.3) is 18.2 Å². The fourth-order valence-corrected chi connectivity index (χ4v) is 6.51. The number of allylic oxidation sites excluding steroid dienone is 5. The molecule has 0 aliphatic heterocycles. The Labute approximate surface area is 305 Å². The van der Waals surface area contributed by atoms with Crippen LogP contribution < -0.4 is 19.4 Å². The lowest BCUT2D eigenvalue weighted by molar-refractivity contribution is -0.673. The molecule has 50 heavy (non-hydrogen) atoms. The predicted octanol–water partition coefficient (Wildman–Crippen LogP) is 6.61. The molecule has 3 aromatic carbocycles. The molecule has 4 aromatic rings. The number of hydrogen-bond acceptors (Lipinski definition) is 6. The summed E-state index contributed by atoms with van der Waals surface area (Å²) in [7, 11) is 7.97. The number of pyridine rings is 1. The molecule has 0 aliphatic carbocycles. The van der Waals surface area contributed by atoms with Gasteiger partial charge in [0.2, 0.25) is 15.9 Å². The second kappa shape index (κ2) is 20.6. The summed E-state index contributed by atoms with van der Waals surface area (Å²) in [5.41, 5.74) is 6.80. The smallest absolute Gasteiger partial charge is 0.219 e. The summed E-state index contributed by atoms with van der Waals surface area (Å²) in [5, 5.41) is 0.0183. The highest BCUT2D eigenvalue weighted by molar-refractivity contribution is 8.14. The van der Waals surface area contributed by atoms with Gasteiger partial charge in [0, 0.05) is 85.5 Å². The summed E-state index contributed by atoms with van der Waals surface area (Å²) >= 11 is 2.60. The second-order valence-corrected chi connectivity index (χ2v) is 13.7. The van der Waals surface area contributed by atoms with Gasteiger partial charge in [0.1, 0.15) is 14.1 Å². The lowest BCUT2D eigenvalue weighted by Crippen LogP contribution is -2.62. The first-order valence-corrected chi connectivity index (χ1v) is 18.5. The van der Waals surface area contributed by atoms with Gasteiger partial charge in [-0.05, 0) is 71.8 Å². The number of carbonyl (C=O) groups is 2. The number of thioether (sulfide) groups is 2. The minimum Gasteiger partial charge on any atom is -0.374 e. The Bertz CT molecular complexity index is 1830. The van der Waals surface area contributed by atoms with E-state index in [0.29, 0.717) is 22.6 Å². The van der Waals surface area contributed by atoms with E-state index >= 15 is 0 Å². The zero-order valence-corrected chi connectivity index (χ0v) is 30.9. The third-order valence-electron chi connectivity index (χ3n) is 7.88. The minimum atomic E-state index is 0.00878. The van der Waals surface area contributed by atoms with Crippen LogP contribution >= 0.6 is 23.5 Å². The van der Waals surface area contributed by atoms with Crippen LogP contribution in [-0.4, -0.2) is 62.2 Å². The lowest BCUT2D eigenvalue weighted by Gasteiger charge is -2.19. The summed E-state index contributed by atoms with van der Waals surface area (Å²) in [6.45, 7) is 1.47. The van der Waals surface area contributed by atoms with Gasteiger partial charge in [0.05, 0.1) is 0 Å². The molecule has 0 aliphatic rings. The largest absolute Gasteiger partial charge is 0.374 e. The first kappa shape index (κ1) is 37.9. The summed E-state index contributed by atoms with van der Waals surface area (Å²) in [4.78, 5) is 32.9. The molecule has 0 bridgehead atoms. The maximum atomic E-state index is 12.8. The molecule has 1 heterocycles. The zero-order valence-electron chi connectivity index (χ0n) is 29.2. The maximum Gasteiger partial charge on any atom is 0.219 e. The van der Waals surface area contributed by atoms with Crippen molar-refractivity contribution in [3.63, 3.8) is 0 Å². The van der Waals surface area contributed by atoms with Crippen molar-refractivity contribution in [2.24, 2.45) is 7.05 Å². The van der Waals surface area contributed by atoms with Gasteiger partial charge < -0.3 is 9.80 Å².